The number of aliphatic hydroxyl groups is 1. The monoisotopic (exact) mass is 305 g/mol. The van der Waals surface area contributed by atoms with Crippen LogP contribution in [0.2, 0.25) is 0 Å². The van der Waals surface area contributed by atoms with Crippen LogP contribution < -0.4 is 10.5 Å². The highest BCUT2D eigenvalue weighted by Crippen LogP contribution is 2.38. The molecule has 2 rings (SSSR count). The van der Waals surface area contributed by atoms with Gasteiger partial charge in [0.15, 0.2) is 0 Å². The van der Waals surface area contributed by atoms with Crippen molar-refractivity contribution in [3.8, 4) is 5.75 Å². The summed E-state index contributed by atoms with van der Waals surface area (Å²) in [6, 6.07) is 5.44. The zero-order valence-corrected chi connectivity index (χ0v) is 13.8. The van der Waals surface area contributed by atoms with Gasteiger partial charge in [-0.05, 0) is 50.9 Å². The van der Waals surface area contributed by atoms with E-state index in [1.807, 2.05) is 45.9 Å². The molecule has 5 nitrogen and oxygen atoms in total. The molecule has 0 amide bonds. The maximum absolute atomic E-state index is 9.69. The fourth-order valence-corrected chi connectivity index (χ4v) is 2.21. The Morgan fingerprint density at radius 3 is 2.36 bits per heavy atom. The van der Waals surface area contributed by atoms with E-state index in [1.165, 1.54) is 0 Å². The quantitative estimate of drug-likeness (QED) is 0.659. The number of nitrogens with two attached hydrogens (primary N) is 1. The molecule has 0 aromatic heterocycles. The average Bonchev–Trinajstić information content (AvgIpc) is 2.66. The van der Waals surface area contributed by atoms with Crippen LogP contribution >= 0.6 is 0 Å². The third kappa shape index (κ3) is 3.14. The Morgan fingerprint density at radius 2 is 1.86 bits per heavy atom. The molecule has 0 saturated carbocycles. The number of aliphatic hydroxyl groups excluding tert-OH is 1. The van der Waals surface area contributed by atoms with E-state index < -0.39 is 18.3 Å². The minimum absolute atomic E-state index is 0.149. The van der Waals surface area contributed by atoms with Gasteiger partial charge in [0.1, 0.15) is 5.75 Å². The second-order valence-electron chi connectivity index (χ2n) is 6.47. The molecule has 1 aliphatic heterocycles. The Bertz CT molecular complexity index is 568. The van der Waals surface area contributed by atoms with Gasteiger partial charge in [0.2, 0.25) is 0 Å². The smallest absolute Gasteiger partial charge is 0.492 e. The minimum atomic E-state index is -0.571. The topological polar surface area (TPSA) is 73.9 Å². The molecule has 1 fully saturated rings. The first kappa shape index (κ1) is 16.9. The van der Waals surface area contributed by atoms with Crippen LogP contribution in [0, 0.1) is 0 Å². The Morgan fingerprint density at radius 1 is 1.27 bits per heavy atom. The van der Waals surface area contributed by atoms with Crippen LogP contribution in [0.5, 0.6) is 5.75 Å². The van der Waals surface area contributed by atoms with Gasteiger partial charge in [-0.1, -0.05) is 12.1 Å². The lowest BCUT2D eigenvalue weighted by Crippen LogP contribution is -2.41. The Labute approximate surface area is 132 Å². The van der Waals surface area contributed by atoms with E-state index in [-0.39, 0.29) is 6.61 Å². The fourth-order valence-electron chi connectivity index (χ4n) is 2.21. The highest BCUT2D eigenvalue weighted by Gasteiger charge is 2.52. The molecule has 0 spiro atoms. The lowest BCUT2D eigenvalue weighted by atomic mass is 9.77. The van der Waals surface area contributed by atoms with Crippen LogP contribution in [0.4, 0.5) is 5.69 Å². The maximum Gasteiger partial charge on any atom is 0.492 e. The van der Waals surface area contributed by atoms with Crippen LogP contribution in [-0.2, 0) is 9.31 Å². The summed E-state index contributed by atoms with van der Waals surface area (Å²) in [5.41, 5.74) is 7.03. The molecule has 0 bridgehead atoms. The highest BCUT2D eigenvalue weighted by molar-refractivity contribution is 6.55. The average molecular weight is 305 g/mol. The summed E-state index contributed by atoms with van der Waals surface area (Å²) in [6.07, 6.45) is 1.84. The van der Waals surface area contributed by atoms with Crippen molar-refractivity contribution in [2.75, 3.05) is 19.5 Å². The van der Waals surface area contributed by atoms with Crippen LogP contribution in [-0.4, -0.2) is 37.1 Å². The van der Waals surface area contributed by atoms with Crippen molar-refractivity contribution in [2.24, 2.45) is 0 Å². The molecule has 6 heteroatoms. The summed E-state index contributed by atoms with van der Waals surface area (Å²) < 4.78 is 17.1. The predicted octanol–water partition coefficient (Wildman–Crippen LogP) is 2.28. The van der Waals surface area contributed by atoms with Gasteiger partial charge in [-0.15, -0.1) is 0 Å². The largest absolute Gasteiger partial charge is 0.495 e. The molecule has 0 aliphatic carbocycles. The SMILES string of the molecule is COc1cc(C=C(CO)B2OC(C)(C)C(C)(C)O2)ccc1N. The van der Waals surface area contributed by atoms with Crippen LogP contribution in [0.3, 0.4) is 0 Å². The molecule has 1 heterocycles. The molecule has 1 saturated heterocycles. The van der Waals surface area contributed by atoms with Crippen molar-refractivity contribution in [3.63, 3.8) is 0 Å². The standard InChI is InChI=1S/C16H24BNO4/c1-15(2)16(3,4)22-17(21-15)12(10-19)8-11-6-7-13(18)14(9-11)20-5/h6-9,19H,10,18H2,1-5H3. The fraction of sp³-hybridized carbons (Fsp3) is 0.500. The predicted molar refractivity (Wildman–Crippen MR) is 88.6 cm³/mol. The number of rotatable bonds is 4. The molecule has 1 aromatic carbocycles. The van der Waals surface area contributed by atoms with Crippen molar-refractivity contribution in [2.45, 2.75) is 38.9 Å². The molecular formula is C16H24BNO4. The van der Waals surface area contributed by atoms with E-state index >= 15 is 0 Å². The number of nitrogen functional groups attached to an aromatic ring is 1. The normalized spacial score (nSPS) is 20.3. The van der Waals surface area contributed by atoms with E-state index in [2.05, 4.69) is 0 Å². The Kier molecular flexibility index (Phi) is 4.56. The van der Waals surface area contributed by atoms with Gasteiger partial charge in [0.05, 0.1) is 30.6 Å². The summed E-state index contributed by atoms with van der Waals surface area (Å²) >= 11 is 0. The number of methoxy groups -OCH3 is 1. The van der Waals surface area contributed by atoms with Crippen LogP contribution in [0.15, 0.2) is 23.7 Å². The number of ether oxygens (including phenoxy) is 1. The first-order chi connectivity index (χ1) is 10.2. The second kappa shape index (κ2) is 5.95. The molecular weight excluding hydrogens is 281 g/mol. The van der Waals surface area contributed by atoms with Crippen LogP contribution in [0.1, 0.15) is 33.3 Å². The summed E-state index contributed by atoms with van der Waals surface area (Å²) in [5, 5.41) is 9.69. The first-order valence-corrected chi connectivity index (χ1v) is 7.30. The number of anilines is 1. The van der Waals surface area contributed by atoms with E-state index in [4.69, 9.17) is 19.8 Å². The van der Waals surface area contributed by atoms with Gasteiger partial charge < -0.3 is 24.9 Å². The number of hydrogen-bond acceptors (Lipinski definition) is 5. The van der Waals surface area contributed by atoms with Crippen molar-refractivity contribution < 1.29 is 19.2 Å². The number of benzene rings is 1. The molecule has 1 aromatic rings. The minimum Gasteiger partial charge on any atom is -0.495 e. The second-order valence-corrected chi connectivity index (χ2v) is 6.47. The Hall–Kier alpha value is -1.50. The third-order valence-corrected chi connectivity index (χ3v) is 4.35. The van der Waals surface area contributed by atoms with Crippen LogP contribution in [0.25, 0.3) is 6.08 Å². The van der Waals surface area contributed by atoms with E-state index in [0.29, 0.717) is 16.9 Å². The summed E-state index contributed by atoms with van der Waals surface area (Å²) in [7, 11) is 0.999. The number of hydrogen-bond donors (Lipinski definition) is 2. The van der Waals surface area contributed by atoms with Gasteiger partial charge in [-0.25, -0.2) is 0 Å². The molecule has 3 N–H and O–H groups in total. The van der Waals surface area contributed by atoms with Crippen molar-refractivity contribution in [1.82, 2.24) is 0 Å². The molecule has 22 heavy (non-hydrogen) atoms. The lowest BCUT2D eigenvalue weighted by molar-refractivity contribution is 0.00578. The molecule has 0 atom stereocenters. The summed E-state index contributed by atoms with van der Waals surface area (Å²) in [5.74, 6) is 0.597. The van der Waals surface area contributed by atoms with Gasteiger partial charge in [-0.3, -0.25) is 0 Å². The first-order valence-electron chi connectivity index (χ1n) is 7.30. The van der Waals surface area contributed by atoms with E-state index in [1.54, 1.807) is 13.2 Å². The zero-order chi connectivity index (χ0) is 16.5. The van der Waals surface area contributed by atoms with Crippen molar-refractivity contribution in [3.05, 3.63) is 29.2 Å². The molecule has 1 aliphatic rings. The van der Waals surface area contributed by atoms with Gasteiger partial charge in [0.25, 0.3) is 0 Å². The highest BCUT2D eigenvalue weighted by atomic mass is 16.7. The summed E-state index contributed by atoms with van der Waals surface area (Å²) in [4.78, 5) is 0. The van der Waals surface area contributed by atoms with Crippen molar-refractivity contribution in [1.29, 1.82) is 0 Å². The van der Waals surface area contributed by atoms with Crippen molar-refractivity contribution >= 4 is 18.9 Å². The molecule has 0 unspecified atom stereocenters. The van der Waals surface area contributed by atoms with Gasteiger partial charge >= 0.3 is 7.12 Å². The van der Waals surface area contributed by atoms with E-state index in [0.717, 1.165) is 5.56 Å². The maximum atomic E-state index is 9.69. The van der Waals surface area contributed by atoms with Gasteiger partial charge in [0, 0.05) is 0 Å². The summed E-state index contributed by atoms with van der Waals surface area (Å²) in [6.45, 7) is 7.77. The molecule has 0 radical (unpaired) electrons. The third-order valence-electron chi connectivity index (χ3n) is 4.35. The Balaban J connectivity index is 2.29. The zero-order valence-electron chi connectivity index (χ0n) is 13.8. The van der Waals surface area contributed by atoms with Gasteiger partial charge in [-0.2, -0.15) is 0 Å². The van der Waals surface area contributed by atoms with E-state index in [9.17, 15) is 5.11 Å². The molecule has 120 valence electrons. The lowest BCUT2D eigenvalue weighted by Gasteiger charge is -2.32.